The summed E-state index contributed by atoms with van der Waals surface area (Å²) in [6.07, 6.45) is 0.646. The molecule has 0 aliphatic rings. The highest BCUT2D eigenvalue weighted by molar-refractivity contribution is 6.30. The van der Waals surface area contributed by atoms with Crippen molar-refractivity contribution in [2.75, 3.05) is 11.9 Å². The van der Waals surface area contributed by atoms with Gasteiger partial charge in [-0.15, -0.1) is 0 Å². The van der Waals surface area contributed by atoms with Crippen LogP contribution in [0, 0.1) is 10.1 Å². The third-order valence-corrected chi connectivity index (χ3v) is 4.44. The second kappa shape index (κ2) is 9.66. The molecule has 0 atom stereocenters. The number of aromatic amines is 1. The van der Waals surface area contributed by atoms with Gasteiger partial charge in [-0.3, -0.25) is 24.8 Å². The van der Waals surface area contributed by atoms with Crippen LogP contribution in [0.2, 0.25) is 5.02 Å². The number of hydrogen-bond donors (Lipinski definition) is 3. The molecule has 0 bridgehead atoms. The number of benzene rings is 2. The van der Waals surface area contributed by atoms with Crippen molar-refractivity contribution >= 4 is 34.9 Å². The lowest BCUT2D eigenvalue weighted by Crippen LogP contribution is -2.25. The van der Waals surface area contributed by atoms with Gasteiger partial charge in [0.05, 0.1) is 10.6 Å². The Morgan fingerprint density at radius 2 is 1.90 bits per heavy atom. The number of halogens is 1. The minimum Gasteiger partial charge on any atom is -0.352 e. The molecule has 0 fully saturated rings. The number of non-ortho nitro benzene ring substituents is 1. The van der Waals surface area contributed by atoms with E-state index in [1.807, 2.05) is 0 Å². The van der Waals surface area contributed by atoms with E-state index < -0.39 is 4.92 Å². The summed E-state index contributed by atoms with van der Waals surface area (Å²) in [7, 11) is 0. The largest absolute Gasteiger partial charge is 0.352 e. The molecule has 1 aromatic heterocycles. The molecule has 0 aliphatic carbocycles. The molecular formula is C20H18ClN5O4. The Labute approximate surface area is 176 Å². The fourth-order valence-corrected chi connectivity index (χ4v) is 2.81. The Kier molecular flexibility index (Phi) is 6.76. The quantitative estimate of drug-likeness (QED) is 0.286. The number of nitro benzene ring substituents is 1. The van der Waals surface area contributed by atoms with Crippen molar-refractivity contribution in [3.8, 4) is 11.3 Å². The minimum atomic E-state index is -0.478. The van der Waals surface area contributed by atoms with Gasteiger partial charge in [-0.2, -0.15) is 5.10 Å². The van der Waals surface area contributed by atoms with Crippen LogP contribution in [0.4, 0.5) is 11.5 Å². The van der Waals surface area contributed by atoms with Gasteiger partial charge in [0.1, 0.15) is 0 Å². The first kappa shape index (κ1) is 21.0. The zero-order valence-electron chi connectivity index (χ0n) is 15.7. The van der Waals surface area contributed by atoms with E-state index in [-0.39, 0.29) is 23.9 Å². The zero-order chi connectivity index (χ0) is 21.5. The van der Waals surface area contributed by atoms with E-state index in [0.717, 1.165) is 0 Å². The van der Waals surface area contributed by atoms with Gasteiger partial charge < -0.3 is 10.6 Å². The first-order chi connectivity index (χ1) is 14.4. The number of nitrogens with one attached hydrogen (secondary N) is 3. The van der Waals surface area contributed by atoms with E-state index in [2.05, 4.69) is 20.8 Å². The lowest BCUT2D eigenvalue weighted by Gasteiger charge is -2.05. The van der Waals surface area contributed by atoms with Crippen LogP contribution < -0.4 is 10.6 Å². The third kappa shape index (κ3) is 5.65. The average Bonchev–Trinajstić information content (AvgIpc) is 3.20. The third-order valence-electron chi connectivity index (χ3n) is 4.19. The summed E-state index contributed by atoms with van der Waals surface area (Å²) in [6, 6.07) is 14.2. The van der Waals surface area contributed by atoms with E-state index >= 15 is 0 Å². The van der Waals surface area contributed by atoms with E-state index in [4.69, 9.17) is 11.6 Å². The maximum atomic E-state index is 12.1. The molecule has 1 heterocycles. The molecule has 0 saturated carbocycles. The summed E-state index contributed by atoms with van der Waals surface area (Å²) in [5, 5.41) is 23.6. The molecule has 9 nitrogen and oxygen atoms in total. The van der Waals surface area contributed by atoms with Crippen LogP contribution >= 0.6 is 11.6 Å². The number of aromatic nitrogens is 2. The van der Waals surface area contributed by atoms with Crippen molar-refractivity contribution in [2.24, 2.45) is 0 Å². The van der Waals surface area contributed by atoms with E-state index in [0.29, 0.717) is 40.6 Å². The van der Waals surface area contributed by atoms with Crippen molar-refractivity contribution in [1.82, 2.24) is 15.5 Å². The number of nitro groups is 1. The summed E-state index contributed by atoms with van der Waals surface area (Å²) >= 11 is 5.79. The lowest BCUT2D eigenvalue weighted by molar-refractivity contribution is -0.384. The first-order valence-corrected chi connectivity index (χ1v) is 9.44. The second-order valence-corrected chi connectivity index (χ2v) is 6.83. The number of carbonyl (C=O) groups excluding carboxylic acids is 2. The van der Waals surface area contributed by atoms with Gasteiger partial charge >= 0.3 is 0 Å². The van der Waals surface area contributed by atoms with Crippen LogP contribution in [0.3, 0.4) is 0 Å². The number of amides is 2. The predicted octanol–water partition coefficient (Wildman–Crippen LogP) is 3.79. The molecule has 3 aromatic rings. The molecule has 0 spiro atoms. The number of nitrogens with zero attached hydrogens (tertiary/aromatic N) is 2. The van der Waals surface area contributed by atoms with Gasteiger partial charge in [0.2, 0.25) is 5.91 Å². The Morgan fingerprint density at radius 3 is 2.63 bits per heavy atom. The molecule has 10 heteroatoms. The fraction of sp³-hybridized carbons (Fsp3) is 0.150. The fourth-order valence-electron chi connectivity index (χ4n) is 2.68. The predicted molar refractivity (Wildman–Crippen MR) is 112 cm³/mol. The summed E-state index contributed by atoms with van der Waals surface area (Å²) in [5.74, 6) is -0.180. The maximum absolute atomic E-state index is 12.1. The summed E-state index contributed by atoms with van der Waals surface area (Å²) in [5.41, 5.74) is 1.59. The normalized spacial score (nSPS) is 10.4. The Bertz CT molecular complexity index is 1070. The molecule has 154 valence electrons. The van der Waals surface area contributed by atoms with Crippen LogP contribution in [-0.2, 0) is 4.79 Å². The standard InChI is InChI=1S/C20H18ClN5O4/c21-15-8-6-13(7-9-15)20(28)22-10-2-5-19(27)23-18-12-17(24-25-18)14-3-1-4-16(11-14)26(29)30/h1,3-4,6-9,11-12H,2,5,10H2,(H,22,28)(H2,23,24,25,27). The molecule has 2 amide bonds. The summed E-state index contributed by atoms with van der Waals surface area (Å²) in [6.45, 7) is 0.342. The lowest BCUT2D eigenvalue weighted by atomic mass is 10.1. The number of carbonyl (C=O) groups is 2. The van der Waals surface area contributed by atoms with E-state index in [9.17, 15) is 19.7 Å². The first-order valence-electron chi connectivity index (χ1n) is 9.06. The van der Waals surface area contributed by atoms with Crippen molar-refractivity contribution in [3.63, 3.8) is 0 Å². The van der Waals surface area contributed by atoms with Gasteiger partial charge in [0.15, 0.2) is 5.82 Å². The Morgan fingerprint density at radius 1 is 1.13 bits per heavy atom. The molecule has 2 aromatic carbocycles. The number of H-pyrrole nitrogens is 1. The minimum absolute atomic E-state index is 0.0340. The highest BCUT2D eigenvalue weighted by atomic mass is 35.5. The van der Waals surface area contributed by atoms with Gasteiger partial charge in [-0.1, -0.05) is 23.7 Å². The van der Waals surface area contributed by atoms with Crippen molar-refractivity contribution < 1.29 is 14.5 Å². The highest BCUT2D eigenvalue weighted by Crippen LogP contribution is 2.23. The number of rotatable bonds is 8. The van der Waals surface area contributed by atoms with Gasteiger partial charge in [0.25, 0.3) is 11.6 Å². The molecule has 0 radical (unpaired) electrons. The van der Waals surface area contributed by atoms with Gasteiger partial charge in [-0.25, -0.2) is 0 Å². The molecule has 0 aliphatic heterocycles. The molecule has 3 N–H and O–H groups in total. The number of hydrogen-bond acceptors (Lipinski definition) is 5. The topological polar surface area (TPSA) is 130 Å². The van der Waals surface area contributed by atoms with Crippen LogP contribution in [-0.4, -0.2) is 33.5 Å². The van der Waals surface area contributed by atoms with Gasteiger partial charge in [0, 0.05) is 47.3 Å². The van der Waals surface area contributed by atoms with Crippen molar-refractivity contribution in [3.05, 3.63) is 75.3 Å². The van der Waals surface area contributed by atoms with Crippen LogP contribution in [0.25, 0.3) is 11.3 Å². The summed E-state index contributed by atoms with van der Waals surface area (Å²) < 4.78 is 0. The molecule has 0 unspecified atom stereocenters. The van der Waals surface area contributed by atoms with Crippen molar-refractivity contribution in [1.29, 1.82) is 0 Å². The van der Waals surface area contributed by atoms with E-state index in [1.54, 1.807) is 42.5 Å². The van der Waals surface area contributed by atoms with Crippen LogP contribution in [0.5, 0.6) is 0 Å². The Hall–Kier alpha value is -3.72. The van der Waals surface area contributed by atoms with Crippen molar-refractivity contribution in [2.45, 2.75) is 12.8 Å². The molecule has 0 saturated heterocycles. The molecule has 3 rings (SSSR count). The maximum Gasteiger partial charge on any atom is 0.270 e. The average molecular weight is 428 g/mol. The van der Waals surface area contributed by atoms with Crippen LogP contribution in [0.15, 0.2) is 54.6 Å². The van der Waals surface area contributed by atoms with E-state index in [1.165, 1.54) is 12.1 Å². The zero-order valence-corrected chi connectivity index (χ0v) is 16.5. The van der Waals surface area contributed by atoms with Crippen LogP contribution in [0.1, 0.15) is 23.2 Å². The molecular weight excluding hydrogens is 410 g/mol. The highest BCUT2D eigenvalue weighted by Gasteiger charge is 2.11. The summed E-state index contributed by atoms with van der Waals surface area (Å²) in [4.78, 5) is 34.5. The molecule has 30 heavy (non-hydrogen) atoms. The van der Waals surface area contributed by atoms with Gasteiger partial charge in [-0.05, 0) is 30.7 Å². The number of anilines is 1. The smallest absolute Gasteiger partial charge is 0.270 e. The Balaban J connectivity index is 1.45. The monoisotopic (exact) mass is 427 g/mol. The SMILES string of the molecule is O=C(CCCNC(=O)c1ccc(Cl)cc1)Nc1cc(-c2cccc([N+](=O)[O-])c2)[nH]n1. The second-order valence-electron chi connectivity index (χ2n) is 6.39.